The van der Waals surface area contributed by atoms with Crippen molar-refractivity contribution in [2.45, 2.75) is 6.92 Å². The Morgan fingerprint density at radius 3 is 2.83 bits per heavy atom. The molecule has 0 saturated heterocycles. The Hall–Kier alpha value is -2.43. The SMILES string of the molecule is Cc1cncc(C(=O)Nc2cc(F)ccc2N)c1. The third kappa shape index (κ3) is 2.63. The first kappa shape index (κ1) is 12.0. The molecule has 0 radical (unpaired) electrons. The van der Waals surface area contributed by atoms with E-state index in [1.54, 1.807) is 12.3 Å². The van der Waals surface area contributed by atoms with Gasteiger partial charge in [-0.1, -0.05) is 0 Å². The maximum atomic E-state index is 13.0. The van der Waals surface area contributed by atoms with Gasteiger partial charge in [0.25, 0.3) is 5.91 Å². The van der Waals surface area contributed by atoms with E-state index < -0.39 is 5.82 Å². The number of benzene rings is 1. The number of nitrogens with zero attached hydrogens (tertiary/aromatic N) is 1. The molecule has 0 unspecified atom stereocenters. The maximum Gasteiger partial charge on any atom is 0.257 e. The summed E-state index contributed by atoms with van der Waals surface area (Å²) in [6, 6.07) is 5.51. The number of rotatable bonds is 2. The number of nitrogens with one attached hydrogen (secondary N) is 1. The quantitative estimate of drug-likeness (QED) is 0.798. The van der Waals surface area contributed by atoms with Gasteiger partial charge in [0.1, 0.15) is 5.82 Å². The topological polar surface area (TPSA) is 68.0 Å². The lowest BCUT2D eigenvalue weighted by atomic mass is 10.2. The highest BCUT2D eigenvalue weighted by atomic mass is 19.1. The van der Waals surface area contributed by atoms with E-state index in [0.717, 1.165) is 5.56 Å². The van der Waals surface area contributed by atoms with Crippen molar-refractivity contribution in [2.24, 2.45) is 0 Å². The van der Waals surface area contributed by atoms with Gasteiger partial charge in [0.2, 0.25) is 0 Å². The number of amides is 1. The molecule has 0 saturated carbocycles. The molecule has 1 aromatic carbocycles. The second-order valence-corrected chi connectivity index (χ2v) is 3.94. The van der Waals surface area contributed by atoms with Crippen LogP contribution in [0.15, 0.2) is 36.7 Å². The second-order valence-electron chi connectivity index (χ2n) is 3.94. The molecule has 0 bridgehead atoms. The zero-order chi connectivity index (χ0) is 13.1. The summed E-state index contributed by atoms with van der Waals surface area (Å²) < 4.78 is 13.0. The molecule has 0 aliphatic heterocycles. The van der Waals surface area contributed by atoms with E-state index in [-0.39, 0.29) is 11.6 Å². The van der Waals surface area contributed by atoms with Crippen LogP contribution in [0, 0.1) is 12.7 Å². The van der Waals surface area contributed by atoms with Gasteiger partial charge in [0.15, 0.2) is 0 Å². The minimum atomic E-state index is -0.457. The zero-order valence-electron chi connectivity index (χ0n) is 9.77. The summed E-state index contributed by atoms with van der Waals surface area (Å²) in [6.07, 6.45) is 3.09. The first-order valence-corrected chi connectivity index (χ1v) is 5.34. The highest BCUT2D eigenvalue weighted by Gasteiger charge is 2.09. The molecule has 1 aromatic heterocycles. The van der Waals surface area contributed by atoms with E-state index in [9.17, 15) is 9.18 Å². The van der Waals surface area contributed by atoms with Gasteiger partial charge in [-0.2, -0.15) is 0 Å². The molecule has 4 nitrogen and oxygen atoms in total. The first-order valence-electron chi connectivity index (χ1n) is 5.34. The van der Waals surface area contributed by atoms with Gasteiger partial charge in [-0.25, -0.2) is 4.39 Å². The van der Waals surface area contributed by atoms with Crippen LogP contribution >= 0.6 is 0 Å². The number of carbonyl (C=O) groups is 1. The largest absolute Gasteiger partial charge is 0.397 e. The second kappa shape index (κ2) is 4.83. The van der Waals surface area contributed by atoms with Crippen molar-refractivity contribution in [3.8, 4) is 0 Å². The monoisotopic (exact) mass is 245 g/mol. The number of nitrogen functional groups attached to an aromatic ring is 1. The van der Waals surface area contributed by atoms with Crippen molar-refractivity contribution in [2.75, 3.05) is 11.1 Å². The van der Waals surface area contributed by atoms with E-state index in [4.69, 9.17) is 5.73 Å². The smallest absolute Gasteiger partial charge is 0.257 e. The van der Waals surface area contributed by atoms with Gasteiger partial charge >= 0.3 is 0 Å². The lowest BCUT2D eigenvalue weighted by Crippen LogP contribution is -2.13. The zero-order valence-corrected chi connectivity index (χ0v) is 9.77. The summed E-state index contributed by atoms with van der Waals surface area (Å²) in [5.74, 6) is -0.828. The van der Waals surface area contributed by atoms with Crippen LogP contribution in [0.25, 0.3) is 0 Å². The van der Waals surface area contributed by atoms with E-state index in [1.807, 2.05) is 6.92 Å². The molecule has 0 atom stereocenters. The molecule has 5 heteroatoms. The van der Waals surface area contributed by atoms with E-state index in [1.165, 1.54) is 24.4 Å². The predicted molar refractivity (Wildman–Crippen MR) is 67.7 cm³/mol. The molecule has 0 fully saturated rings. The maximum absolute atomic E-state index is 13.0. The summed E-state index contributed by atoms with van der Waals surface area (Å²) in [5, 5.41) is 2.55. The summed E-state index contributed by atoms with van der Waals surface area (Å²) in [7, 11) is 0. The fraction of sp³-hybridized carbons (Fsp3) is 0.0769. The molecular formula is C13H12FN3O. The number of pyridine rings is 1. The highest BCUT2D eigenvalue weighted by molar-refractivity contribution is 6.05. The summed E-state index contributed by atoms with van der Waals surface area (Å²) >= 11 is 0. The van der Waals surface area contributed by atoms with Gasteiger partial charge in [0.05, 0.1) is 16.9 Å². The Morgan fingerprint density at radius 1 is 1.33 bits per heavy atom. The van der Waals surface area contributed by atoms with Crippen LogP contribution in [0.1, 0.15) is 15.9 Å². The molecule has 92 valence electrons. The molecule has 0 spiro atoms. The number of aryl methyl sites for hydroxylation is 1. The van der Waals surface area contributed by atoms with Crippen molar-refractivity contribution < 1.29 is 9.18 Å². The standard InChI is InChI=1S/C13H12FN3O/c1-8-4-9(7-16-6-8)13(18)17-12-5-10(14)2-3-11(12)15/h2-7H,15H2,1H3,(H,17,18). The molecule has 18 heavy (non-hydrogen) atoms. The Labute approximate surface area is 104 Å². The number of anilines is 2. The number of halogens is 1. The van der Waals surface area contributed by atoms with Crippen LogP contribution in [0.2, 0.25) is 0 Å². The molecule has 2 rings (SSSR count). The third-order valence-corrected chi connectivity index (χ3v) is 2.40. The average Bonchev–Trinajstić information content (AvgIpc) is 2.34. The van der Waals surface area contributed by atoms with Crippen LogP contribution in [-0.4, -0.2) is 10.9 Å². The van der Waals surface area contributed by atoms with Crippen LogP contribution in [0.4, 0.5) is 15.8 Å². The first-order chi connectivity index (χ1) is 8.56. The number of hydrogen-bond donors (Lipinski definition) is 2. The van der Waals surface area contributed by atoms with Crippen LogP contribution < -0.4 is 11.1 Å². The van der Waals surface area contributed by atoms with Crippen molar-refractivity contribution in [3.05, 3.63) is 53.6 Å². The van der Waals surface area contributed by atoms with Crippen LogP contribution in [0.5, 0.6) is 0 Å². The van der Waals surface area contributed by atoms with Crippen molar-refractivity contribution in [1.29, 1.82) is 0 Å². The minimum absolute atomic E-state index is 0.251. The summed E-state index contributed by atoms with van der Waals surface area (Å²) in [6.45, 7) is 1.83. The van der Waals surface area contributed by atoms with Gasteiger partial charge in [-0.3, -0.25) is 9.78 Å². The van der Waals surface area contributed by atoms with Gasteiger partial charge < -0.3 is 11.1 Å². The normalized spacial score (nSPS) is 10.1. The Morgan fingerprint density at radius 2 is 2.11 bits per heavy atom. The van der Waals surface area contributed by atoms with Gasteiger partial charge in [0, 0.05) is 12.4 Å². The van der Waals surface area contributed by atoms with Gasteiger partial charge in [-0.15, -0.1) is 0 Å². The lowest BCUT2D eigenvalue weighted by Gasteiger charge is -2.08. The van der Waals surface area contributed by atoms with E-state index in [0.29, 0.717) is 11.3 Å². The lowest BCUT2D eigenvalue weighted by molar-refractivity contribution is 0.102. The van der Waals surface area contributed by atoms with Crippen molar-refractivity contribution >= 4 is 17.3 Å². The Balaban J connectivity index is 2.24. The summed E-state index contributed by atoms with van der Waals surface area (Å²) in [4.78, 5) is 15.8. The van der Waals surface area contributed by atoms with Crippen LogP contribution in [0.3, 0.4) is 0 Å². The molecule has 1 amide bonds. The fourth-order valence-corrected chi connectivity index (χ4v) is 1.51. The number of aromatic nitrogens is 1. The van der Waals surface area contributed by atoms with E-state index >= 15 is 0 Å². The summed E-state index contributed by atoms with van der Waals surface area (Å²) in [5.41, 5.74) is 7.48. The molecule has 0 aliphatic carbocycles. The predicted octanol–water partition coefficient (Wildman–Crippen LogP) is 2.36. The molecule has 3 N–H and O–H groups in total. The Bertz CT molecular complexity index is 599. The Kier molecular flexibility index (Phi) is 3.23. The number of carbonyl (C=O) groups excluding carboxylic acids is 1. The number of nitrogens with two attached hydrogens (primary N) is 1. The third-order valence-electron chi connectivity index (χ3n) is 2.40. The number of hydrogen-bond acceptors (Lipinski definition) is 3. The average molecular weight is 245 g/mol. The highest BCUT2D eigenvalue weighted by Crippen LogP contribution is 2.20. The molecule has 1 heterocycles. The van der Waals surface area contributed by atoms with Crippen molar-refractivity contribution in [1.82, 2.24) is 4.98 Å². The van der Waals surface area contributed by atoms with E-state index in [2.05, 4.69) is 10.3 Å². The fourth-order valence-electron chi connectivity index (χ4n) is 1.51. The molecule has 2 aromatic rings. The van der Waals surface area contributed by atoms with Gasteiger partial charge in [-0.05, 0) is 36.8 Å². The van der Waals surface area contributed by atoms with Crippen LogP contribution in [-0.2, 0) is 0 Å². The minimum Gasteiger partial charge on any atom is -0.397 e. The molecular weight excluding hydrogens is 233 g/mol. The molecule has 0 aliphatic rings. The van der Waals surface area contributed by atoms with Crippen molar-refractivity contribution in [3.63, 3.8) is 0 Å².